The molecule has 0 aromatic heterocycles. The van der Waals surface area contributed by atoms with Crippen molar-refractivity contribution >= 4 is 0 Å². The molecule has 5 aliphatic rings. The Bertz CT molecular complexity index is 943. The average Bonchev–Trinajstić information content (AvgIpc) is 3.46. The highest BCUT2D eigenvalue weighted by Gasteiger charge is 2.72. The summed E-state index contributed by atoms with van der Waals surface area (Å²) >= 11 is 0. The first-order valence-electron chi connectivity index (χ1n) is 15.1. The van der Waals surface area contributed by atoms with Crippen molar-refractivity contribution in [2.24, 2.45) is 28.6 Å². The first-order valence-corrected chi connectivity index (χ1v) is 15.1. The molecule has 1 heterocycles. The Hall–Kier alpha value is -0.940. The first-order chi connectivity index (χ1) is 17.2. The molecule has 6 rings (SSSR count). The minimum atomic E-state index is -0.696. The summed E-state index contributed by atoms with van der Waals surface area (Å²) in [5.74, 6) is 1.50. The van der Waals surface area contributed by atoms with Gasteiger partial charge in [0.05, 0.1) is 18.3 Å². The first kappa shape index (κ1) is 25.3. The number of ether oxygens (including phenoxy) is 1. The van der Waals surface area contributed by atoms with E-state index < -0.39 is 11.2 Å². The van der Waals surface area contributed by atoms with Gasteiger partial charge >= 0.3 is 0 Å². The normalized spacial score (nSPS) is 46.8. The largest absolute Gasteiger partial charge is 0.393 e. The summed E-state index contributed by atoms with van der Waals surface area (Å²) < 4.78 is 7.11. The number of aryl methyl sites for hydroxylation is 1. The Kier molecular flexibility index (Phi) is 6.39. The van der Waals surface area contributed by atoms with Crippen LogP contribution in [0.1, 0.15) is 95.6 Å². The number of rotatable bonds is 5. The van der Waals surface area contributed by atoms with E-state index in [9.17, 15) is 10.2 Å². The number of hydrogen-bond acceptors (Lipinski definition) is 4. The fourth-order valence-corrected chi connectivity index (χ4v) is 10.2. The van der Waals surface area contributed by atoms with Crippen molar-refractivity contribution in [2.45, 2.75) is 109 Å². The van der Waals surface area contributed by atoms with Crippen LogP contribution in [0, 0.1) is 35.5 Å². The lowest BCUT2D eigenvalue weighted by molar-refractivity contribution is -0.249. The van der Waals surface area contributed by atoms with E-state index in [1.165, 1.54) is 43.5 Å². The van der Waals surface area contributed by atoms with Gasteiger partial charge in [-0.15, -0.1) is 0 Å². The molecule has 2 N–H and O–H groups in total. The van der Waals surface area contributed by atoms with Crippen molar-refractivity contribution in [1.82, 2.24) is 4.90 Å². The van der Waals surface area contributed by atoms with Gasteiger partial charge in [-0.25, -0.2) is 0 Å². The maximum Gasteiger partial charge on any atom is 0.101 e. The molecule has 1 aromatic carbocycles. The maximum atomic E-state index is 12.8. The summed E-state index contributed by atoms with van der Waals surface area (Å²) in [4.78, 5) is 2.54. The molecule has 0 radical (unpaired) electrons. The minimum absolute atomic E-state index is 0.124. The van der Waals surface area contributed by atoms with Gasteiger partial charge in [0.15, 0.2) is 0 Å². The number of likely N-dealkylation sites (tertiary alicyclic amines) is 1. The third kappa shape index (κ3) is 3.61. The molecule has 1 aromatic rings. The molecule has 1 aliphatic heterocycles. The molecule has 0 unspecified atom stereocenters. The number of aliphatic hydroxyl groups excluding tert-OH is 1. The third-order valence-corrected chi connectivity index (χ3v) is 12.4. The fraction of sp³-hybridized carbons (Fsp3) is 0.812. The van der Waals surface area contributed by atoms with Crippen LogP contribution in [0.2, 0.25) is 0 Å². The van der Waals surface area contributed by atoms with Crippen LogP contribution in [-0.2, 0) is 10.3 Å². The van der Waals surface area contributed by atoms with E-state index in [1.54, 1.807) is 0 Å². The van der Waals surface area contributed by atoms with Crippen molar-refractivity contribution in [1.29, 1.82) is 0 Å². The van der Waals surface area contributed by atoms with Crippen molar-refractivity contribution in [2.75, 3.05) is 26.2 Å². The van der Waals surface area contributed by atoms with Gasteiger partial charge in [-0.1, -0.05) is 43.7 Å². The molecule has 0 spiro atoms. The highest BCUT2D eigenvalue weighted by Crippen LogP contribution is 2.72. The summed E-state index contributed by atoms with van der Waals surface area (Å²) in [5.41, 5.74) is 1.38. The lowest BCUT2D eigenvalue weighted by Gasteiger charge is -2.64. The Labute approximate surface area is 218 Å². The van der Waals surface area contributed by atoms with Gasteiger partial charge in [0.1, 0.15) is 5.60 Å². The van der Waals surface area contributed by atoms with Crippen LogP contribution in [0.15, 0.2) is 24.3 Å². The molecule has 36 heavy (non-hydrogen) atoms. The molecule has 4 nitrogen and oxygen atoms in total. The monoisotopic (exact) mass is 495 g/mol. The second-order valence-electron chi connectivity index (χ2n) is 13.8. The third-order valence-electron chi connectivity index (χ3n) is 12.4. The number of benzene rings is 1. The van der Waals surface area contributed by atoms with Gasteiger partial charge in [0.2, 0.25) is 0 Å². The summed E-state index contributed by atoms with van der Waals surface area (Å²) in [5, 5.41) is 23.3. The van der Waals surface area contributed by atoms with Crippen LogP contribution in [0.3, 0.4) is 0 Å². The number of nitrogens with zero attached hydrogens (tertiary/aromatic N) is 1. The SMILES string of the molecule is Cc1ccc([C@@]2(OCCN3CCCC3)CC[C@]3(O)[C@@H]4CC[C@@H]5C[C@@H](O)CC[C@]5(C)[C@H]4CC[C@]23C)cc1. The van der Waals surface area contributed by atoms with Gasteiger partial charge in [0, 0.05) is 12.0 Å². The molecule has 4 saturated carbocycles. The fourth-order valence-electron chi connectivity index (χ4n) is 10.2. The van der Waals surface area contributed by atoms with E-state index >= 15 is 0 Å². The summed E-state index contributed by atoms with van der Waals surface area (Å²) in [6.45, 7) is 11.2. The van der Waals surface area contributed by atoms with E-state index in [0.717, 1.165) is 64.5 Å². The van der Waals surface area contributed by atoms with E-state index in [-0.39, 0.29) is 16.9 Å². The molecule has 0 bridgehead atoms. The van der Waals surface area contributed by atoms with E-state index in [0.29, 0.717) is 17.8 Å². The van der Waals surface area contributed by atoms with Crippen LogP contribution in [0.25, 0.3) is 0 Å². The second-order valence-corrected chi connectivity index (χ2v) is 13.8. The highest BCUT2D eigenvalue weighted by molar-refractivity contribution is 5.35. The van der Waals surface area contributed by atoms with Crippen molar-refractivity contribution in [3.8, 4) is 0 Å². The average molecular weight is 496 g/mol. The molecule has 4 heteroatoms. The van der Waals surface area contributed by atoms with Crippen molar-refractivity contribution in [3.05, 3.63) is 35.4 Å². The Morgan fingerprint density at radius 2 is 1.67 bits per heavy atom. The topological polar surface area (TPSA) is 52.9 Å². The number of fused-ring (bicyclic) bond motifs is 5. The molecule has 1 saturated heterocycles. The lowest BCUT2D eigenvalue weighted by Crippen LogP contribution is -2.65. The highest BCUT2D eigenvalue weighted by atomic mass is 16.5. The second kappa shape index (κ2) is 9.07. The predicted octanol–water partition coefficient (Wildman–Crippen LogP) is 5.82. The molecule has 0 amide bonds. The zero-order valence-corrected chi connectivity index (χ0v) is 23.0. The molecular weight excluding hydrogens is 446 g/mol. The van der Waals surface area contributed by atoms with Gasteiger partial charge in [-0.05, 0) is 119 Å². The molecule has 4 aliphatic carbocycles. The smallest absolute Gasteiger partial charge is 0.101 e. The summed E-state index contributed by atoms with van der Waals surface area (Å²) in [7, 11) is 0. The zero-order valence-electron chi connectivity index (χ0n) is 23.0. The molecule has 200 valence electrons. The van der Waals surface area contributed by atoms with E-state index in [2.05, 4.69) is 49.9 Å². The Morgan fingerprint density at radius 3 is 2.42 bits per heavy atom. The van der Waals surface area contributed by atoms with Crippen LogP contribution < -0.4 is 0 Å². The predicted molar refractivity (Wildman–Crippen MR) is 144 cm³/mol. The molecular formula is C32H49NO3. The molecule has 5 fully saturated rings. The summed E-state index contributed by atoms with van der Waals surface area (Å²) in [6.07, 6.45) is 11.7. The lowest BCUT2D eigenvalue weighted by atomic mass is 9.42. The number of hydrogen-bond donors (Lipinski definition) is 2. The van der Waals surface area contributed by atoms with Crippen LogP contribution in [0.4, 0.5) is 0 Å². The Balaban J connectivity index is 1.33. The van der Waals surface area contributed by atoms with Crippen LogP contribution in [-0.4, -0.2) is 53.1 Å². The molecule has 8 atom stereocenters. The van der Waals surface area contributed by atoms with Gasteiger partial charge < -0.3 is 19.8 Å². The van der Waals surface area contributed by atoms with Gasteiger partial charge in [0.25, 0.3) is 0 Å². The van der Waals surface area contributed by atoms with Gasteiger partial charge in [-0.2, -0.15) is 0 Å². The zero-order chi connectivity index (χ0) is 25.2. The maximum absolute atomic E-state index is 12.8. The minimum Gasteiger partial charge on any atom is -0.393 e. The van der Waals surface area contributed by atoms with Crippen LogP contribution >= 0.6 is 0 Å². The Morgan fingerprint density at radius 1 is 0.917 bits per heavy atom. The van der Waals surface area contributed by atoms with Crippen LogP contribution in [0.5, 0.6) is 0 Å². The quantitative estimate of drug-likeness (QED) is 0.540. The summed E-state index contributed by atoms with van der Waals surface area (Å²) in [6, 6.07) is 9.03. The van der Waals surface area contributed by atoms with E-state index in [4.69, 9.17) is 4.74 Å². The standard InChI is InChI=1S/C32H49NO3/c1-23-6-8-24(9-7-23)32(36-21-20-33-18-4-5-19-33)17-16-31(35)28-11-10-25-22-26(34)12-14-29(25,2)27(28)13-15-30(31,32)3/h6-9,25-28,34-35H,4-5,10-22H2,1-3H3/t25-,26+,27+,28-,29+,30+,31+,32+/m1/s1. The van der Waals surface area contributed by atoms with Gasteiger partial charge in [-0.3, -0.25) is 0 Å². The van der Waals surface area contributed by atoms with E-state index in [1.807, 2.05) is 0 Å². The van der Waals surface area contributed by atoms with Crippen molar-refractivity contribution in [3.63, 3.8) is 0 Å². The van der Waals surface area contributed by atoms with Crippen molar-refractivity contribution < 1.29 is 14.9 Å². The number of aliphatic hydroxyl groups is 2.